The van der Waals surface area contributed by atoms with Gasteiger partial charge in [-0.3, -0.25) is 0 Å². The summed E-state index contributed by atoms with van der Waals surface area (Å²) in [7, 11) is 0. The second kappa shape index (κ2) is 8.24. The summed E-state index contributed by atoms with van der Waals surface area (Å²) in [6.45, 7) is 2.10. The standard InChI is InChI=1S/C23H23N5O4S/c1-12-26-22(28(27-12)14-7-8-15-17(9-14)33-11-25-15)21-19(29)18(24)20-16(31-21)10-30-23(32-20)13-5-3-2-4-6-13/h2-9,11,16,18-21,23,29H,10,24H2,1H3/t16?,18-,19?,20+,21-,23?/m1/s1. The molecule has 0 radical (unpaired) electrons. The Balaban J connectivity index is 1.30. The highest BCUT2D eigenvalue weighted by atomic mass is 32.1. The molecule has 4 heterocycles. The molecule has 10 heteroatoms. The van der Waals surface area contributed by atoms with Gasteiger partial charge in [0.15, 0.2) is 12.1 Å². The quantitative estimate of drug-likeness (QED) is 0.474. The third kappa shape index (κ3) is 3.65. The molecular weight excluding hydrogens is 442 g/mol. The van der Waals surface area contributed by atoms with Crippen molar-refractivity contribution in [3.05, 3.63) is 71.3 Å². The van der Waals surface area contributed by atoms with Crippen molar-refractivity contribution in [2.24, 2.45) is 5.73 Å². The fraction of sp³-hybridized carbons (Fsp3) is 0.348. The lowest BCUT2D eigenvalue weighted by atomic mass is 9.92. The van der Waals surface area contributed by atoms with E-state index < -0.39 is 36.7 Å². The van der Waals surface area contributed by atoms with Crippen LogP contribution in [0.1, 0.15) is 29.6 Å². The van der Waals surface area contributed by atoms with Crippen LogP contribution < -0.4 is 5.73 Å². The maximum Gasteiger partial charge on any atom is 0.184 e. The molecule has 2 fully saturated rings. The Labute approximate surface area is 193 Å². The van der Waals surface area contributed by atoms with Crippen LogP contribution in [0, 0.1) is 6.92 Å². The van der Waals surface area contributed by atoms with Crippen LogP contribution in [-0.4, -0.2) is 55.8 Å². The highest BCUT2D eigenvalue weighted by molar-refractivity contribution is 7.16. The molecule has 0 bridgehead atoms. The summed E-state index contributed by atoms with van der Waals surface area (Å²) in [5.74, 6) is 1.06. The summed E-state index contributed by atoms with van der Waals surface area (Å²) < 4.78 is 21.1. The number of aliphatic hydroxyl groups excluding tert-OH is 1. The van der Waals surface area contributed by atoms with Crippen molar-refractivity contribution >= 4 is 21.6 Å². The molecule has 6 atom stereocenters. The van der Waals surface area contributed by atoms with E-state index in [0.717, 1.165) is 21.5 Å². The monoisotopic (exact) mass is 465 g/mol. The van der Waals surface area contributed by atoms with Crippen molar-refractivity contribution in [3.8, 4) is 5.69 Å². The largest absolute Gasteiger partial charge is 0.388 e. The average Bonchev–Trinajstić information content (AvgIpc) is 3.47. The number of fused-ring (bicyclic) bond motifs is 2. The first-order chi connectivity index (χ1) is 16.1. The average molecular weight is 466 g/mol. The fourth-order valence-corrected chi connectivity index (χ4v) is 5.16. The van der Waals surface area contributed by atoms with Gasteiger partial charge < -0.3 is 25.1 Å². The summed E-state index contributed by atoms with van der Waals surface area (Å²) in [4.78, 5) is 8.91. The lowest BCUT2D eigenvalue weighted by Gasteiger charge is -2.46. The van der Waals surface area contributed by atoms with Crippen molar-refractivity contribution in [2.45, 2.75) is 43.7 Å². The van der Waals surface area contributed by atoms with E-state index in [0.29, 0.717) is 18.3 Å². The number of nitrogens with two attached hydrogens (primary N) is 1. The number of thiazole rings is 1. The molecule has 0 saturated carbocycles. The summed E-state index contributed by atoms with van der Waals surface area (Å²) in [5, 5.41) is 15.7. The minimum atomic E-state index is -1.03. The molecule has 6 rings (SSSR count). The molecule has 4 aromatic rings. The van der Waals surface area contributed by atoms with Crippen molar-refractivity contribution in [1.82, 2.24) is 19.7 Å². The van der Waals surface area contributed by atoms with Gasteiger partial charge in [-0.05, 0) is 25.1 Å². The lowest BCUT2D eigenvalue weighted by molar-refractivity contribution is -0.309. The number of benzene rings is 2. The molecule has 2 saturated heterocycles. The van der Waals surface area contributed by atoms with Crippen LogP contribution in [0.4, 0.5) is 0 Å². The summed E-state index contributed by atoms with van der Waals surface area (Å²) >= 11 is 1.55. The number of rotatable bonds is 3. The number of aliphatic hydroxyl groups is 1. The maximum absolute atomic E-state index is 11.1. The van der Waals surface area contributed by atoms with Crippen LogP contribution in [0.3, 0.4) is 0 Å². The van der Waals surface area contributed by atoms with E-state index >= 15 is 0 Å². The topological polar surface area (TPSA) is 118 Å². The van der Waals surface area contributed by atoms with Gasteiger partial charge in [0.25, 0.3) is 0 Å². The van der Waals surface area contributed by atoms with Gasteiger partial charge in [-0.1, -0.05) is 30.3 Å². The number of nitrogens with zero attached hydrogens (tertiary/aromatic N) is 4. The zero-order chi connectivity index (χ0) is 22.5. The molecule has 2 aliphatic rings. The summed E-state index contributed by atoms with van der Waals surface area (Å²) in [6, 6.07) is 14.8. The molecular formula is C23H23N5O4S. The first-order valence-electron chi connectivity index (χ1n) is 10.8. The molecule has 3 N–H and O–H groups in total. The third-order valence-corrected chi connectivity index (χ3v) is 6.88. The van der Waals surface area contributed by atoms with Crippen LogP contribution in [0.25, 0.3) is 15.9 Å². The van der Waals surface area contributed by atoms with Crippen LogP contribution in [-0.2, 0) is 14.2 Å². The zero-order valence-electron chi connectivity index (χ0n) is 17.8. The number of aryl methyl sites for hydroxylation is 1. The van der Waals surface area contributed by atoms with Gasteiger partial charge in [-0.15, -0.1) is 11.3 Å². The summed E-state index contributed by atoms with van der Waals surface area (Å²) in [5.41, 5.74) is 10.9. The predicted octanol–water partition coefficient (Wildman–Crippen LogP) is 2.43. The number of aromatic nitrogens is 4. The minimum absolute atomic E-state index is 0.293. The SMILES string of the molecule is Cc1nc([C@@H]2OC3COC(c4ccccc4)O[C@@H]3[C@H](N)C2O)n(-c2ccc3ncsc3c2)n1. The van der Waals surface area contributed by atoms with E-state index in [1.165, 1.54) is 0 Å². The smallest absolute Gasteiger partial charge is 0.184 e. The lowest BCUT2D eigenvalue weighted by Crippen LogP contribution is -2.62. The van der Waals surface area contributed by atoms with E-state index in [2.05, 4.69) is 15.1 Å². The second-order valence-corrected chi connectivity index (χ2v) is 9.16. The van der Waals surface area contributed by atoms with Gasteiger partial charge in [0.2, 0.25) is 0 Å². The Bertz CT molecular complexity index is 1280. The van der Waals surface area contributed by atoms with Crippen molar-refractivity contribution in [3.63, 3.8) is 0 Å². The Kier molecular flexibility index (Phi) is 5.21. The molecule has 2 aliphatic heterocycles. The van der Waals surface area contributed by atoms with Gasteiger partial charge in [0.05, 0.1) is 34.1 Å². The van der Waals surface area contributed by atoms with Crippen LogP contribution in [0.2, 0.25) is 0 Å². The highest BCUT2D eigenvalue weighted by Crippen LogP contribution is 2.38. The summed E-state index contributed by atoms with van der Waals surface area (Å²) in [6.07, 6.45) is -3.32. The van der Waals surface area contributed by atoms with E-state index in [9.17, 15) is 5.11 Å². The fourth-order valence-electron chi connectivity index (χ4n) is 4.45. The Hall–Kier alpha value is -2.73. The Morgan fingerprint density at radius 2 is 2.00 bits per heavy atom. The van der Waals surface area contributed by atoms with Crippen LogP contribution in [0.15, 0.2) is 54.0 Å². The van der Waals surface area contributed by atoms with E-state index in [4.69, 9.17) is 19.9 Å². The van der Waals surface area contributed by atoms with Crippen molar-refractivity contribution in [1.29, 1.82) is 0 Å². The van der Waals surface area contributed by atoms with Gasteiger partial charge in [0.1, 0.15) is 30.2 Å². The zero-order valence-corrected chi connectivity index (χ0v) is 18.6. The normalized spacial score (nSPS) is 29.8. The Morgan fingerprint density at radius 3 is 2.85 bits per heavy atom. The number of ether oxygens (including phenoxy) is 3. The van der Waals surface area contributed by atoms with Gasteiger partial charge >= 0.3 is 0 Å². The van der Waals surface area contributed by atoms with Gasteiger partial charge in [0, 0.05) is 5.56 Å². The van der Waals surface area contributed by atoms with Crippen molar-refractivity contribution in [2.75, 3.05) is 6.61 Å². The highest BCUT2D eigenvalue weighted by Gasteiger charge is 2.49. The number of hydrogen-bond acceptors (Lipinski definition) is 9. The second-order valence-electron chi connectivity index (χ2n) is 8.27. The molecule has 2 aromatic heterocycles. The van der Waals surface area contributed by atoms with Gasteiger partial charge in [-0.2, -0.15) is 5.10 Å². The maximum atomic E-state index is 11.1. The third-order valence-electron chi connectivity index (χ3n) is 6.09. The van der Waals surface area contributed by atoms with Crippen molar-refractivity contribution < 1.29 is 19.3 Å². The van der Waals surface area contributed by atoms with E-state index in [1.54, 1.807) is 28.5 Å². The first kappa shape index (κ1) is 20.8. The minimum Gasteiger partial charge on any atom is -0.388 e. The molecule has 0 spiro atoms. The van der Waals surface area contributed by atoms with Crippen LogP contribution in [0.5, 0.6) is 0 Å². The number of hydrogen-bond donors (Lipinski definition) is 2. The molecule has 33 heavy (non-hydrogen) atoms. The first-order valence-corrected chi connectivity index (χ1v) is 11.6. The van der Waals surface area contributed by atoms with Gasteiger partial charge in [-0.25, -0.2) is 14.6 Å². The molecule has 3 unspecified atom stereocenters. The molecule has 0 amide bonds. The molecule has 170 valence electrons. The molecule has 9 nitrogen and oxygen atoms in total. The molecule has 2 aromatic carbocycles. The molecule has 0 aliphatic carbocycles. The van der Waals surface area contributed by atoms with Crippen LogP contribution >= 0.6 is 11.3 Å². The predicted molar refractivity (Wildman–Crippen MR) is 121 cm³/mol. The Morgan fingerprint density at radius 1 is 1.15 bits per heavy atom. The van der Waals surface area contributed by atoms with E-state index in [-0.39, 0.29) is 0 Å². The van der Waals surface area contributed by atoms with E-state index in [1.807, 2.05) is 48.5 Å².